The molecule has 1 heterocycles. The molecule has 25 heavy (non-hydrogen) atoms. The molecule has 2 N–H and O–H groups in total. The van der Waals surface area contributed by atoms with Crippen molar-refractivity contribution >= 4 is 0 Å². The van der Waals surface area contributed by atoms with Crippen LogP contribution in [0.2, 0.25) is 0 Å². The molecule has 0 amide bonds. The van der Waals surface area contributed by atoms with Crippen LogP contribution in [-0.4, -0.2) is 28.1 Å². The number of hydrogen-bond acceptors (Lipinski definition) is 5. The lowest BCUT2D eigenvalue weighted by molar-refractivity contribution is 0.224. The summed E-state index contributed by atoms with van der Waals surface area (Å²) in [6, 6.07) is 14.9. The standard InChI is InChI=1S/C19H21FN4O/c1-14-11-16(7-8-17(14)20)19-22-18(25-23-19)13-24(10-9-21)12-15-5-3-2-4-6-15/h2-8,11H,9-10,12-13,21H2,1H3. The Bertz CT molecular complexity index is 819. The molecule has 0 spiro atoms. The third-order valence-corrected chi connectivity index (χ3v) is 3.94. The molecular weight excluding hydrogens is 319 g/mol. The van der Waals surface area contributed by atoms with E-state index in [4.69, 9.17) is 10.3 Å². The average Bonchev–Trinajstić information content (AvgIpc) is 3.07. The van der Waals surface area contributed by atoms with E-state index in [1.165, 1.54) is 11.6 Å². The molecule has 6 heteroatoms. The molecule has 0 saturated carbocycles. The van der Waals surface area contributed by atoms with Crippen molar-refractivity contribution in [2.45, 2.75) is 20.0 Å². The van der Waals surface area contributed by atoms with Gasteiger partial charge in [-0.25, -0.2) is 4.39 Å². The lowest BCUT2D eigenvalue weighted by atomic mass is 10.1. The van der Waals surface area contributed by atoms with E-state index in [0.29, 0.717) is 30.4 Å². The predicted molar refractivity (Wildman–Crippen MR) is 94.0 cm³/mol. The van der Waals surface area contributed by atoms with Crippen LogP contribution in [0.15, 0.2) is 53.1 Å². The average molecular weight is 340 g/mol. The third kappa shape index (κ3) is 4.49. The molecule has 3 aromatic rings. The second-order valence-corrected chi connectivity index (χ2v) is 5.96. The zero-order valence-electron chi connectivity index (χ0n) is 14.2. The van der Waals surface area contributed by atoms with E-state index in [1.54, 1.807) is 19.1 Å². The van der Waals surface area contributed by atoms with E-state index in [-0.39, 0.29) is 5.82 Å². The van der Waals surface area contributed by atoms with Crippen LogP contribution < -0.4 is 5.73 Å². The summed E-state index contributed by atoms with van der Waals surface area (Å²) in [6.07, 6.45) is 0. The van der Waals surface area contributed by atoms with Gasteiger partial charge in [-0.15, -0.1) is 0 Å². The van der Waals surface area contributed by atoms with Gasteiger partial charge in [0.25, 0.3) is 0 Å². The van der Waals surface area contributed by atoms with Crippen molar-refractivity contribution in [2.24, 2.45) is 5.73 Å². The summed E-state index contributed by atoms with van der Waals surface area (Å²) in [4.78, 5) is 6.59. The number of nitrogens with zero attached hydrogens (tertiary/aromatic N) is 3. The highest BCUT2D eigenvalue weighted by Gasteiger charge is 2.14. The maximum Gasteiger partial charge on any atom is 0.241 e. The molecule has 0 unspecified atom stereocenters. The van der Waals surface area contributed by atoms with Crippen LogP contribution in [0.25, 0.3) is 11.4 Å². The number of aryl methyl sites for hydroxylation is 1. The van der Waals surface area contributed by atoms with E-state index in [9.17, 15) is 4.39 Å². The van der Waals surface area contributed by atoms with Crippen molar-refractivity contribution < 1.29 is 8.91 Å². The number of hydrogen-bond donors (Lipinski definition) is 1. The summed E-state index contributed by atoms with van der Waals surface area (Å²) in [5.74, 6) is 0.733. The minimum absolute atomic E-state index is 0.246. The van der Waals surface area contributed by atoms with Crippen molar-refractivity contribution in [3.8, 4) is 11.4 Å². The number of nitrogens with two attached hydrogens (primary N) is 1. The minimum atomic E-state index is -0.246. The lowest BCUT2D eigenvalue weighted by Crippen LogP contribution is -2.28. The van der Waals surface area contributed by atoms with Crippen LogP contribution in [0.4, 0.5) is 4.39 Å². The van der Waals surface area contributed by atoms with E-state index in [0.717, 1.165) is 18.7 Å². The van der Waals surface area contributed by atoms with Crippen molar-refractivity contribution in [2.75, 3.05) is 13.1 Å². The quantitative estimate of drug-likeness (QED) is 0.715. The van der Waals surface area contributed by atoms with Crippen LogP contribution in [0.5, 0.6) is 0 Å². The van der Waals surface area contributed by atoms with E-state index in [2.05, 4.69) is 27.2 Å². The largest absolute Gasteiger partial charge is 0.338 e. The Morgan fingerprint density at radius 3 is 2.64 bits per heavy atom. The zero-order valence-corrected chi connectivity index (χ0v) is 14.2. The molecule has 0 aliphatic rings. The highest BCUT2D eigenvalue weighted by atomic mass is 19.1. The first-order valence-corrected chi connectivity index (χ1v) is 8.21. The van der Waals surface area contributed by atoms with Crippen molar-refractivity contribution in [1.29, 1.82) is 0 Å². The Labute approximate surface area is 146 Å². The fourth-order valence-electron chi connectivity index (χ4n) is 2.65. The summed E-state index contributed by atoms with van der Waals surface area (Å²) < 4.78 is 18.8. The van der Waals surface area contributed by atoms with E-state index >= 15 is 0 Å². The Morgan fingerprint density at radius 2 is 1.92 bits per heavy atom. The molecule has 0 fully saturated rings. The highest BCUT2D eigenvalue weighted by Crippen LogP contribution is 2.19. The Morgan fingerprint density at radius 1 is 1.12 bits per heavy atom. The van der Waals surface area contributed by atoms with Gasteiger partial charge in [0.2, 0.25) is 11.7 Å². The normalized spacial score (nSPS) is 11.2. The van der Waals surface area contributed by atoms with E-state index < -0.39 is 0 Å². The van der Waals surface area contributed by atoms with Crippen LogP contribution in [0.3, 0.4) is 0 Å². The second kappa shape index (κ2) is 8.00. The molecule has 0 bridgehead atoms. The summed E-state index contributed by atoms with van der Waals surface area (Å²) in [5, 5.41) is 4.01. The summed E-state index contributed by atoms with van der Waals surface area (Å²) >= 11 is 0. The Kier molecular flexibility index (Phi) is 5.53. The first-order valence-electron chi connectivity index (χ1n) is 8.21. The topological polar surface area (TPSA) is 68.2 Å². The van der Waals surface area contributed by atoms with Crippen molar-refractivity contribution in [3.63, 3.8) is 0 Å². The van der Waals surface area contributed by atoms with Gasteiger partial charge in [-0.3, -0.25) is 4.90 Å². The van der Waals surface area contributed by atoms with Crippen LogP contribution in [0.1, 0.15) is 17.0 Å². The monoisotopic (exact) mass is 340 g/mol. The highest BCUT2D eigenvalue weighted by molar-refractivity contribution is 5.55. The molecule has 0 aliphatic heterocycles. The molecule has 0 saturated heterocycles. The molecule has 0 radical (unpaired) electrons. The number of aromatic nitrogens is 2. The zero-order chi connectivity index (χ0) is 17.6. The van der Waals surface area contributed by atoms with Gasteiger partial charge in [-0.2, -0.15) is 4.98 Å². The Hall–Kier alpha value is -2.57. The second-order valence-electron chi connectivity index (χ2n) is 5.96. The van der Waals surface area contributed by atoms with Crippen LogP contribution in [0, 0.1) is 12.7 Å². The summed E-state index contributed by atoms with van der Waals surface area (Å²) in [5.41, 5.74) is 8.21. The number of halogens is 1. The molecule has 0 atom stereocenters. The van der Waals surface area contributed by atoms with Crippen LogP contribution in [-0.2, 0) is 13.1 Å². The molecule has 2 aromatic carbocycles. The van der Waals surface area contributed by atoms with Gasteiger partial charge in [0.1, 0.15) is 5.82 Å². The van der Waals surface area contributed by atoms with Gasteiger partial charge >= 0.3 is 0 Å². The molecule has 0 aliphatic carbocycles. The van der Waals surface area contributed by atoms with Crippen molar-refractivity contribution in [1.82, 2.24) is 15.0 Å². The summed E-state index contributed by atoms with van der Waals surface area (Å²) in [7, 11) is 0. The lowest BCUT2D eigenvalue weighted by Gasteiger charge is -2.19. The van der Waals surface area contributed by atoms with Gasteiger partial charge in [-0.1, -0.05) is 35.5 Å². The first-order chi connectivity index (χ1) is 12.2. The number of benzene rings is 2. The van der Waals surface area contributed by atoms with Gasteiger partial charge in [0.05, 0.1) is 6.54 Å². The molecular formula is C19H21FN4O. The molecule has 1 aromatic heterocycles. The van der Waals surface area contributed by atoms with Gasteiger partial charge in [0.15, 0.2) is 0 Å². The molecule has 130 valence electrons. The summed E-state index contributed by atoms with van der Waals surface area (Å²) in [6.45, 7) is 4.25. The third-order valence-electron chi connectivity index (χ3n) is 3.94. The predicted octanol–water partition coefficient (Wildman–Crippen LogP) is 3.15. The van der Waals surface area contributed by atoms with Gasteiger partial charge in [-0.05, 0) is 36.2 Å². The maximum absolute atomic E-state index is 13.4. The van der Waals surface area contributed by atoms with E-state index in [1.807, 2.05) is 18.2 Å². The fourth-order valence-corrected chi connectivity index (χ4v) is 2.65. The molecule has 3 rings (SSSR count). The smallest absolute Gasteiger partial charge is 0.241 e. The minimum Gasteiger partial charge on any atom is -0.338 e. The number of rotatable bonds is 7. The fraction of sp³-hybridized carbons (Fsp3) is 0.263. The van der Waals surface area contributed by atoms with Gasteiger partial charge in [0, 0.05) is 25.2 Å². The maximum atomic E-state index is 13.4. The SMILES string of the molecule is Cc1cc(-c2noc(CN(CCN)Cc3ccccc3)n2)ccc1F. The molecule has 5 nitrogen and oxygen atoms in total. The first kappa shape index (κ1) is 17.3. The van der Waals surface area contributed by atoms with Gasteiger partial charge < -0.3 is 10.3 Å². The van der Waals surface area contributed by atoms with Crippen molar-refractivity contribution in [3.05, 3.63) is 71.4 Å². The van der Waals surface area contributed by atoms with Crippen LogP contribution >= 0.6 is 0 Å². The Balaban J connectivity index is 1.72.